The van der Waals surface area contributed by atoms with Gasteiger partial charge >= 0.3 is 0 Å². The van der Waals surface area contributed by atoms with Crippen molar-refractivity contribution in [3.05, 3.63) is 10.4 Å². The summed E-state index contributed by atoms with van der Waals surface area (Å²) in [5, 5.41) is 3.58. The van der Waals surface area contributed by atoms with Crippen LogP contribution in [0.1, 0.15) is 40.5 Å². The van der Waals surface area contributed by atoms with E-state index in [9.17, 15) is 0 Å². The van der Waals surface area contributed by atoms with E-state index in [4.69, 9.17) is 24.5 Å². The van der Waals surface area contributed by atoms with Gasteiger partial charge in [0.1, 0.15) is 0 Å². The Morgan fingerprint density at radius 3 is 2.35 bits per heavy atom. The zero-order valence-corrected chi connectivity index (χ0v) is 15.1. The maximum Gasteiger partial charge on any atom is 0.0704 e. The molecule has 0 aromatic rings. The molecule has 0 aliphatic heterocycles. The molecule has 0 amide bonds. The maximum atomic E-state index is 8.38. The third-order valence-electron chi connectivity index (χ3n) is 3.08. The number of rotatable bonds is 16. The van der Waals surface area contributed by atoms with E-state index in [1.165, 1.54) is 0 Å². The predicted octanol–water partition coefficient (Wildman–Crippen LogP) is 3.58. The molecule has 2 unspecified atom stereocenters. The van der Waals surface area contributed by atoms with Crippen molar-refractivity contribution in [1.29, 1.82) is 0 Å². The lowest BCUT2D eigenvalue weighted by molar-refractivity contribution is -0.0409. The normalized spacial score (nSPS) is 13.8. The van der Waals surface area contributed by atoms with Crippen LogP contribution in [0.2, 0.25) is 0 Å². The van der Waals surface area contributed by atoms with Crippen molar-refractivity contribution in [2.24, 2.45) is 11.0 Å². The topological polar surface area (TPSA) is 85.7 Å². The van der Waals surface area contributed by atoms with Crippen LogP contribution in [-0.2, 0) is 18.9 Å². The fourth-order valence-electron chi connectivity index (χ4n) is 1.95. The molecular weight excluding hydrogens is 298 g/mol. The Balaban J connectivity index is 3.96. The molecule has 0 fully saturated rings. The monoisotopic (exact) mass is 331 g/mol. The van der Waals surface area contributed by atoms with Crippen molar-refractivity contribution in [3.8, 4) is 0 Å². The summed E-state index contributed by atoms with van der Waals surface area (Å²) >= 11 is 0. The fraction of sp³-hybridized carbons (Fsp3) is 1.00. The lowest BCUT2D eigenvalue weighted by Gasteiger charge is -2.22. The Bertz CT molecular complexity index is 310. The second-order valence-corrected chi connectivity index (χ2v) is 5.82. The molecule has 0 heterocycles. The molecule has 0 aromatic carbocycles. The van der Waals surface area contributed by atoms with Gasteiger partial charge < -0.3 is 18.9 Å². The molecule has 0 N–H and O–H groups in total. The second-order valence-electron chi connectivity index (χ2n) is 5.82. The molecule has 136 valence electrons. The molecule has 0 bridgehead atoms. The van der Waals surface area contributed by atoms with Gasteiger partial charge in [-0.05, 0) is 38.1 Å². The summed E-state index contributed by atoms with van der Waals surface area (Å²) in [6.45, 7) is 12.4. The molecule has 0 radical (unpaired) electrons. The van der Waals surface area contributed by atoms with Gasteiger partial charge in [-0.2, -0.15) is 0 Å². The van der Waals surface area contributed by atoms with E-state index in [-0.39, 0.29) is 12.2 Å². The average molecular weight is 331 g/mol. The van der Waals surface area contributed by atoms with Crippen LogP contribution in [0.4, 0.5) is 0 Å². The van der Waals surface area contributed by atoms with E-state index in [0.717, 1.165) is 13.0 Å². The first-order valence-corrected chi connectivity index (χ1v) is 8.49. The van der Waals surface area contributed by atoms with Crippen molar-refractivity contribution in [2.45, 2.75) is 52.7 Å². The fourth-order valence-corrected chi connectivity index (χ4v) is 1.95. The Morgan fingerprint density at radius 1 is 1.00 bits per heavy atom. The van der Waals surface area contributed by atoms with Gasteiger partial charge in [0.05, 0.1) is 38.6 Å². The van der Waals surface area contributed by atoms with Gasteiger partial charge in [-0.3, -0.25) is 0 Å². The third-order valence-corrected chi connectivity index (χ3v) is 3.08. The summed E-state index contributed by atoms with van der Waals surface area (Å²) in [6, 6.07) is 0. The molecule has 0 aliphatic carbocycles. The van der Waals surface area contributed by atoms with Crippen molar-refractivity contribution >= 4 is 0 Å². The van der Waals surface area contributed by atoms with Crippen molar-refractivity contribution in [3.63, 3.8) is 0 Å². The molecule has 0 spiro atoms. The SMILES string of the molecule is CCOCCOCCOC(CCN=[N+]=[N-])CC(C)OCC(C)C. The van der Waals surface area contributed by atoms with Crippen LogP contribution < -0.4 is 0 Å². The van der Waals surface area contributed by atoms with Crippen LogP contribution in [0.5, 0.6) is 0 Å². The highest BCUT2D eigenvalue weighted by molar-refractivity contribution is 4.66. The standard InChI is InChI=1S/C16H33N3O4/c1-5-20-8-9-21-10-11-22-16(6-7-18-19-17)12-15(4)23-13-14(2)3/h14-16H,5-13H2,1-4H3. The molecule has 0 aromatic heterocycles. The van der Waals surface area contributed by atoms with Crippen LogP contribution in [0.3, 0.4) is 0 Å². The second kappa shape index (κ2) is 16.0. The summed E-state index contributed by atoms with van der Waals surface area (Å²) in [5.41, 5.74) is 8.38. The third kappa shape index (κ3) is 15.8. The van der Waals surface area contributed by atoms with E-state index >= 15 is 0 Å². The van der Waals surface area contributed by atoms with Crippen molar-refractivity contribution in [2.75, 3.05) is 46.2 Å². The van der Waals surface area contributed by atoms with Crippen molar-refractivity contribution in [1.82, 2.24) is 0 Å². The Kier molecular flexibility index (Phi) is 15.4. The molecule has 23 heavy (non-hydrogen) atoms. The van der Waals surface area contributed by atoms with E-state index in [2.05, 4.69) is 23.9 Å². The van der Waals surface area contributed by atoms with E-state index < -0.39 is 0 Å². The highest BCUT2D eigenvalue weighted by Crippen LogP contribution is 2.11. The van der Waals surface area contributed by atoms with Crippen LogP contribution in [-0.4, -0.2) is 58.4 Å². The Hall–Kier alpha value is -0.850. The highest BCUT2D eigenvalue weighted by atomic mass is 16.5. The van der Waals surface area contributed by atoms with E-state index in [1.54, 1.807) is 0 Å². The van der Waals surface area contributed by atoms with Gasteiger partial charge in [-0.25, -0.2) is 0 Å². The summed E-state index contributed by atoms with van der Waals surface area (Å²) in [6.07, 6.45) is 1.61. The van der Waals surface area contributed by atoms with Gasteiger partial charge in [0, 0.05) is 24.7 Å². The Labute approximate surface area is 140 Å². The highest BCUT2D eigenvalue weighted by Gasteiger charge is 2.14. The van der Waals surface area contributed by atoms with Crippen molar-refractivity contribution < 1.29 is 18.9 Å². The number of hydrogen-bond donors (Lipinski definition) is 0. The van der Waals surface area contributed by atoms with Crippen LogP contribution in [0.15, 0.2) is 5.11 Å². The van der Waals surface area contributed by atoms with Gasteiger partial charge in [0.15, 0.2) is 0 Å². The number of ether oxygens (including phenoxy) is 4. The number of nitrogens with zero attached hydrogens (tertiary/aromatic N) is 3. The lowest BCUT2D eigenvalue weighted by Crippen LogP contribution is -2.25. The van der Waals surface area contributed by atoms with Crippen LogP contribution in [0.25, 0.3) is 10.4 Å². The summed E-state index contributed by atoms with van der Waals surface area (Å²) < 4.78 is 22.3. The zero-order chi connectivity index (χ0) is 17.3. The summed E-state index contributed by atoms with van der Waals surface area (Å²) in [4.78, 5) is 2.78. The van der Waals surface area contributed by atoms with E-state index in [0.29, 0.717) is 51.9 Å². The molecular formula is C16H33N3O4. The molecule has 0 saturated carbocycles. The van der Waals surface area contributed by atoms with Crippen LogP contribution in [0, 0.1) is 5.92 Å². The molecule has 0 aliphatic rings. The van der Waals surface area contributed by atoms with Gasteiger partial charge in [0.25, 0.3) is 0 Å². The smallest absolute Gasteiger partial charge is 0.0704 e. The largest absolute Gasteiger partial charge is 0.379 e. The average Bonchev–Trinajstić information content (AvgIpc) is 2.52. The molecule has 7 heteroatoms. The summed E-state index contributed by atoms with van der Waals surface area (Å²) in [5.74, 6) is 0.513. The quantitative estimate of drug-likeness (QED) is 0.187. The zero-order valence-electron chi connectivity index (χ0n) is 15.1. The first kappa shape index (κ1) is 22.1. The molecule has 0 saturated heterocycles. The van der Waals surface area contributed by atoms with Crippen LogP contribution >= 0.6 is 0 Å². The molecule has 2 atom stereocenters. The van der Waals surface area contributed by atoms with E-state index in [1.807, 2.05) is 13.8 Å². The maximum absolute atomic E-state index is 8.38. The number of azide groups is 1. The predicted molar refractivity (Wildman–Crippen MR) is 90.6 cm³/mol. The summed E-state index contributed by atoms with van der Waals surface area (Å²) in [7, 11) is 0. The first-order valence-electron chi connectivity index (χ1n) is 8.49. The minimum atomic E-state index is 0.0122. The first-order chi connectivity index (χ1) is 11.1. The van der Waals surface area contributed by atoms with Gasteiger partial charge in [-0.15, -0.1) is 0 Å². The van der Waals surface area contributed by atoms with Gasteiger partial charge in [0.2, 0.25) is 0 Å². The number of hydrogen-bond acceptors (Lipinski definition) is 5. The molecule has 7 nitrogen and oxygen atoms in total. The lowest BCUT2D eigenvalue weighted by atomic mass is 10.1. The minimum Gasteiger partial charge on any atom is -0.379 e. The minimum absolute atomic E-state index is 0.0122. The Morgan fingerprint density at radius 2 is 1.70 bits per heavy atom. The molecule has 0 rings (SSSR count). The van der Waals surface area contributed by atoms with Gasteiger partial charge in [-0.1, -0.05) is 19.0 Å².